The van der Waals surface area contributed by atoms with Crippen LogP contribution in [0.1, 0.15) is 5.82 Å². The van der Waals surface area contributed by atoms with E-state index in [-0.39, 0.29) is 11.2 Å². The second-order valence-electron chi connectivity index (χ2n) is 4.06. The Kier molecular flexibility index (Phi) is 2.99. The molecule has 2 N–H and O–H groups in total. The minimum Gasteiger partial charge on any atom is -0.383 e. The number of aromatic amines is 1. The van der Waals surface area contributed by atoms with Gasteiger partial charge in [0.25, 0.3) is 0 Å². The molecule has 20 heavy (non-hydrogen) atoms. The van der Waals surface area contributed by atoms with E-state index in [1.165, 1.54) is 6.07 Å². The summed E-state index contributed by atoms with van der Waals surface area (Å²) in [6.45, 7) is 0.604. The van der Waals surface area contributed by atoms with E-state index in [1.807, 2.05) is 0 Å². The average molecular weight is 274 g/mol. The van der Waals surface area contributed by atoms with Crippen LogP contribution in [0, 0.1) is 10.1 Å². The third-order valence-corrected chi connectivity index (χ3v) is 2.82. The molecule has 1 aromatic carbocycles. The average Bonchev–Trinajstić information content (AvgIpc) is 3.09. The molecule has 3 aromatic rings. The van der Waals surface area contributed by atoms with Crippen LogP contribution in [0.4, 0.5) is 11.4 Å². The van der Waals surface area contributed by atoms with Crippen molar-refractivity contribution in [3.8, 4) is 0 Å². The minimum absolute atomic E-state index is 0.127. The fourth-order valence-corrected chi connectivity index (χ4v) is 1.89. The van der Waals surface area contributed by atoms with Gasteiger partial charge in [-0.1, -0.05) is 0 Å². The Hall–Kier alpha value is -2.97. The summed E-state index contributed by atoms with van der Waals surface area (Å²) in [5, 5.41) is 21.3. The Labute approximate surface area is 112 Å². The van der Waals surface area contributed by atoms with Crippen molar-refractivity contribution in [1.82, 2.24) is 20.3 Å². The molecule has 0 radical (unpaired) electrons. The highest BCUT2D eigenvalue weighted by Gasteiger charge is 2.19. The van der Waals surface area contributed by atoms with Crippen LogP contribution in [0.15, 0.2) is 29.2 Å². The number of nitrogens with zero attached hydrogens (tertiary/aromatic N) is 4. The van der Waals surface area contributed by atoms with E-state index in [0.29, 0.717) is 24.2 Å². The number of nitrogens with one attached hydrogen (secondary N) is 2. The molecule has 9 nitrogen and oxygen atoms in total. The first kappa shape index (κ1) is 12.1. The fraction of sp³-hybridized carbons (Fsp3) is 0.182. The Morgan fingerprint density at radius 1 is 1.35 bits per heavy atom. The van der Waals surface area contributed by atoms with Crippen molar-refractivity contribution in [2.45, 2.75) is 6.42 Å². The van der Waals surface area contributed by atoms with Crippen molar-refractivity contribution < 1.29 is 9.55 Å². The lowest BCUT2D eigenvalue weighted by atomic mass is 10.2. The Morgan fingerprint density at radius 2 is 2.20 bits per heavy atom. The predicted octanol–water partition coefficient (Wildman–Crippen LogP) is 1.51. The number of H-pyrrole nitrogens is 1. The van der Waals surface area contributed by atoms with Gasteiger partial charge in [0.1, 0.15) is 5.82 Å². The normalized spacial score (nSPS) is 10.8. The number of fused-ring (bicyclic) bond motifs is 1. The largest absolute Gasteiger partial charge is 0.383 e. The lowest BCUT2D eigenvalue weighted by Crippen LogP contribution is -2.06. The van der Waals surface area contributed by atoms with Gasteiger partial charge in [0, 0.05) is 31.4 Å². The Bertz CT molecular complexity index is 736. The predicted molar refractivity (Wildman–Crippen MR) is 69.2 cm³/mol. The van der Waals surface area contributed by atoms with Crippen molar-refractivity contribution in [1.29, 1.82) is 0 Å². The first-order valence-electron chi connectivity index (χ1n) is 5.87. The van der Waals surface area contributed by atoms with Gasteiger partial charge in [0.2, 0.25) is 5.52 Å². The zero-order valence-corrected chi connectivity index (χ0v) is 10.2. The van der Waals surface area contributed by atoms with E-state index in [0.717, 1.165) is 5.82 Å². The van der Waals surface area contributed by atoms with Crippen LogP contribution >= 0.6 is 0 Å². The monoisotopic (exact) mass is 274 g/mol. The highest BCUT2D eigenvalue weighted by Crippen LogP contribution is 2.28. The van der Waals surface area contributed by atoms with Crippen LogP contribution in [0.2, 0.25) is 0 Å². The lowest BCUT2D eigenvalue weighted by molar-refractivity contribution is -0.383. The summed E-state index contributed by atoms with van der Waals surface area (Å²) in [4.78, 5) is 17.4. The highest BCUT2D eigenvalue weighted by atomic mass is 16.6. The molecule has 2 aromatic heterocycles. The zero-order valence-electron chi connectivity index (χ0n) is 10.2. The fourth-order valence-electron chi connectivity index (χ4n) is 1.89. The molecule has 0 aliphatic carbocycles. The van der Waals surface area contributed by atoms with Gasteiger partial charge in [0.05, 0.1) is 10.6 Å². The van der Waals surface area contributed by atoms with Crippen molar-refractivity contribution >= 4 is 22.4 Å². The SMILES string of the molecule is O=[N+]([O-])c1ccc(NCCc2ncc[nH]2)c2nonc12. The molecule has 2 heterocycles. The lowest BCUT2D eigenvalue weighted by Gasteiger charge is -2.04. The molecule has 0 spiro atoms. The second-order valence-corrected chi connectivity index (χ2v) is 4.06. The molecule has 0 saturated carbocycles. The van der Waals surface area contributed by atoms with E-state index >= 15 is 0 Å². The highest BCUT2D eigenvalue weighted by molar-refractivity contribution is 5.93. The van der Waals surface area contributed by atoms with Crippen LogP contribution in [-0.2, 0) is 6.42 Å². The van der Waals surface area contributed by atoms with Crippen molar-refractivity contribution in [3.63, 3.8) is 0 Å². The number of nitro groups is 1. The smallest absolute Gasteiger partial charge is 0.300 e. The molecular weight excluding hydrogens is 264 g/mol. The third kappa shape index (κ3) is 2.16. The molecule has 3 rings (SSSR count). The van der Waals surface area contributed by atoms with Crippen LogP contribution in [0.25, 0.3) is 11.0 Å². The topological polar surface area (TPSA) is 123 Å². The molecule has 9 heteroatoms. The molecule has 0 aliphatic heterocycles. The summed E-state index contributed by atoms with van der Waals surface area (Å²) in [6, 6.07) is 2.97. The summed E-state index contributed by atoms with van der Waals surface area (Å²) in [5.41, 5.74) is 0.993. The zero-order chi connectivity index (χ0) is 13.9. The molecule has 0 amide bonds. The quantitative estimate of drug-likeness (QED) is 0.533. The van der Waals surface area contributed by atoms with Crippen LogP contribution in [-0.4, -0.2) is 31.7 Å². The van der Waals surface area contributed by atoms with Gasteiger partial charge >= 0.3 is 5.69 Å². The van der Waals surface area contributed by atoms with E-state index in [2.05, 4.69) is 30.2 Å². The van der Waals surface area contributed by atoms with Crippen molar-refractivity contribution in [3.05, 3.63) is 40.5 Å². The van der Waals surface area contributed by atoms with Gasteiger partial charge in [-0.3, -0.25) is 10.1 Å². The maximum absolute atomic E-state index is 10.9. The summed E-state index contributed by atoms with van der Waals surface area (Å²) in [7, 11) is 0. The summed E-state index contributed by atoms with van der Waals surface area (Å²) in [5.74, 6) is 0.855. The standard InChI is InChI=1S/C11H10N6O3/c18-17(19)8-2-1-7(10-11(8)16-20-15-10)12-4-3-9-13-5-6-14-9/h1-2,5-6,12H,3-4H2,(H,13,14). The van der Waals surface area contributed by atoms with Gasteiger partial charge in [-0.25, -0.2) is 9.61 Å². The number of benzene rings is 1. The van der Waals surface area contributed by atoms with Crippen LogP contribution in [0.3, 0.4) is 0 Å². The number of non-ortho nitro benzene ring substituents is 1. The summed E-state index contributed by atoms with van der Waals surface area (Å²) in [6.07, 6.45) is 4.12. The van der Waals surface area contributed by atoms with E-state index in [1.54, 1.807) is 18.5 Å². The molecule has 0 atom stereocenters. The molecule has 0 aliphatic rings. The second kappa shape index (κ2) is 4.96. The number of anilines is 1. The van der Waals surface area contributed by atoms with Gasteiger partial charge in [-0.2, -0.15) is 0 Å². The number of hydrogen-bond donors (Lipinski definition) is 2. The number of rotatable bonds is 5. The van der Waals surface area contributed by atoms with Gasteiger partial charge in [-0.15, -0.1) is 0 Å². The Morgan fingerprint density at radius 3 is 2.95 bits per heavy atom. The third-order valence-electron chi connectivity index (χ3n) is 2.82. The maximum atomic E-state index is 10.9. The maximum Gasteiger partial charge on any atom is 0.300 e. The molecule has 0 bridgehead atoms. The number of hydrogen-bond acceptors (Lipinski definition) is 7. The molecule has 0 fully saturated rings. The van der Waals surface area contributed by atoms with Gasteiger partial charge in [0.15, 0.2) is 5.52 Å². The Balaban J connectivity index is 1.80. The van der Waals surface area contributed by atoms with E-state index < -0.39 is 4.92 Å². The van der Waals surface area contributed by atoms with E-state index in [9.17, 15) is 10.1 Å². The molecular formula is C11H10N6O3. The summed E-state index contributed by atoms with van der Waals surface area (Å²) >= 11 is 0. The van der Waals surface area contributed by atoms with Gasteiger partial charge < -0.3 is 10.3 Å². The molecule has 0 saturated heterocycles. The number of nitro benzene ring substituents is 1. The molecule has 0 unspecified atom stereocenters. The first-order chi connectivity index (χ1) is 9.75. The number of aromatic nitrogens is 4. The van der Waals surface area contributed by atoms with Gasteiger partial charge in [-0.05, 0) is 16.4 Å². The molecule has 102 valence electrons. The van der Waals surface area contributed by atoms with Crippen molar-refractivity contribution in [2.75, 3.05) is 11.9 Å². The minimum atomic E-state index is -0.515. The van der Waals surface area contributed by atoms with E-state index in [4.69, 9.17) is 0 Å². The summed E-state index contributed by atoms with van der Waals surface area (Å²) < 4.78 is 4.59. The first-order valence-corrected chi connectivity index (χ1v) is 5.87. The number of imidazole rings is 1. The van der Waals surface area contributed by atoms with Crippen molar-refractivity contribution in [2.24, 2.45) is 0 Å². The van der Waals surface area contributed by atoms with Crippen LogP contribution < -0.4 is 5.32 Å². The van der Waals surface area contributed by atoms with Crippen LogP contribution in [0.5, 0.6) is 0 Å².